The number of carbonyl (C=O) groups excluding carboxylic acids is 2. The first-order chi connectivity index (χ1) is 10.8. The zero-order chi connectivity index (χ0) is 16.9. The van der Waals surface area contributed by atoms with Crippen LogP contribution in [0.15, 0.2) is 24.3 Å². The fourth-order valence-electron chi connectivity index (χ4n) is 2.84. The van der Waals surface area contributed by atoms with E-state index in [1.54, 1.807) is 0 Å². The number of rotatable bonds is 4. The molecule has 5 heteroatoms. The minimum absolute atomic E-state index is 0.0252. The summed E-state index contributed by atoms with van der Waals surface area (Å²) in [6.07, 6.45) is 3.43. The van der Waals surface area contributed by atoms with Gasteiger partial charge in [0, 0.05) is 18.5 Å². The van der Waals surface area contributed by atoms with Crippen LogP contribution in [0.4, 0.5) is 4.79 Å². The molecule has 0 heterocycles. The Morgan fingerprint density at radius 1 is 1.22 bits per heavy atom. The Hall–Kier alpha value is -2.04. The summed E-state index contributed by atoms with van der Waals surface area (Å²) < 4.78 is 0. The van der Waals surface area contributed by atoms with Gasteiger partial charge in [-0.15, -0.1) is 0 Å². The van der Waals surface area contributed by atoms with E-state index in [1.807, 2.05) is 32.9 Å². The third-order valence-electron chi connectivity index (χ3n) is 3.83. The van der Waals surface area contributed by atoms with Crippen LogP contribution in [0, 0.1) is 0 Å². The molecule has 0 aromatic heterocycles. The van der Waals surface area contributed by atoms with Crippen LogP contribution < -0.4 is 16.0 Å². The molecular formula is C18H27N3O2. The van der Waals surface area contributed by atoms with Crippen molar-refractivity contribution in [2.24, 2.45) is 0 Å². The van der Waals surface area contributed by atoms with Crippen LogP contribution in [0.5, 0.6) is 0 Å². The summed E-state index contributed by atoms with van der Waals surface area (Å²) in [6.45, 7) is 6.08. The molecule has 0 saturated carbocycles. The van der Waals surface area contributed by atoms with E-state index in [1.165, 1.54) is 11.1 Å². The van der Waals surface area contributed by atoms with Crippen molar-refractivity contribution in [3.8, 4) is 0 Å². The quantitative estimate of drug-likeness (QED) is 0.799. The molecule has 1 aliphatic carbocycles. The van der Waals surface area contributed by atoms with E-state index in [0.29, 0.717) is 6.54 Å². The van der Waals surface area contributed by atoms with E-state index >= 15 is 0 Å². The van der Waals surface area contributed by atoms with Crippen molar-refractivity contribution in [1.29, 1.82) is 0 Å². The van der Waals surface area contributed by atoms with Crippen molar-refractivity contribution in [3.05, 3.63) is 35.4 Å². The SMILES string of the molecule is CC(C)(C)NC(=O)NCCC(=O)NC1CCCc2ccccc21. The van der Waals surface area contributed by atoms with Gasteiger partial charge in [-0.2, -0.15) is 0 Å². The highest BCUT2D eigenvalue weighted by molar-refractivity contribution is 5.78. The lowest BCUT2D eigenvalue weighted by molar-refractivity contribution is -0.121. The highest BCUT2D eigenvalue weighted by Crippen LogP contribution is 2.29. The smallest absolute Gasteiger partial charge is 0.315 e. The van der Waals surface area contributed by atoms with Gasteiger partial charge in [0.1, 0.15) is 0 Å². The van der Waals surface area contributed by atoms with Crippen molar-refractivity contribution in [2.45, 2.75) is 58.0 Å². The topological polar surface area (TPSA) is 70.2 Å². The van der Waals surface area contributed by atoms with Crippen LogP contribution in [0.3, 0.4) is 0 Å². The van der Waals surface area contributed by atoms with E-state index in [0.717, 1.165) is 19.3 Å². The number of hydrogen-bond donors (Lipinski definition) is 3. The number of benzene rings is 1. The predicted octanol–water partition coefficient (Wildman–Crippen LogP) is 2.67. The summed E-state index contributed by atoms with van der Waals surface area (Å²) >= 11 is 0. The lowest BCUT2D eigenvalue weighted by Crippen LogP contribution is -2.47. The molecule has 1 aliphatic rings. The van der Waals surface area contributed by atoms with E-state index < -0.39 is 0 Å². The number of urea groups is 1. The molecule has 0 aliphatic heterocycles. The standard InChI is InChI=1S/C18H27N3O2/c1-18(2,3)21-17(23)19-12-11-16(22)20-15-10-6-8-13-7-4-5-9-14(13)15/h4-5,7,9,15H,6,8,10-12H2,1-3H3,(H,20,22)(H2,19,21,23). The van der Waals surface area contributed by atoms with Gasteiger partial charge in [-0.3, -0.25) is 4.79 Å². The second-order valence-corrected chi connectivity index (χ2v) is 7.09. The second-order valence-electron chi connectivity index (χ2n) is 7.09. The molecule has 1 unspecified atom stereocenters. The molecule has 2 rings (SSSR count). The van der Waals surface area contributed by atoms with Crippen molar-refractivity contribution >= 4 is 11.9 Å². The molecule has 0 saturated heterocycles. The third kappa shape index (κ3) is 5.58. The first-order valence-corrected chi connectivity index (χ1v) is 8.28. The van der Waals surface area contributed by atoms with Crippen molar-refractivity contribution in [3.63, 3.8) is 0 Å². The summed E-state index contributed by atoms with van der Waals surface area (Å²) in [7, 11) is 0. The van der Waals surface area contributed by atoms with Crippen LogP contribution >= 0.6 is 0 Å². The van der Waals surface area contributed by atoms with Gasteiger partial charge in [0.15, 0.2) is 0 Å². The van der Waals surface area contributed by atoms with Crippen LogP contribution in [-0.4, -0.2) is 24.0 Å². The fourth-order valence-corrected chi connectivity index (χ4v) is 2.84. The number of aryl methyl sites for hydroxylation is 1. The lowest BCUT2D eigenvalue weighted by atomic mass is 9.88. The molecule has 5 nitrogen and oxygen atoms in total. The third-order valence-corrected chi connectivity index (χ3v) is 3.83. The number of carbonyl (C=O) groups is 2. The van der Waals surface area contributed by atoms with Crippen molar-refractivity contribution < 1.29 is 9.59 Å². The highest BCUT2D eigenvalue weighted by Gasteiger charge is 2.21. The summed E-state index contributed by atoms with van der Waals surface area (Å²) in [6, 6.07) is 8.13. The van der Waals surface area contributed by atoms with E-state index in [-0.39, 0.29) is 29.9 Å². The Labute approximate surface area is 138 Å². The van der Waals surface area contributed by atoms with Gasteiger partial charge in [0.25, 0.3) is 0 Å². The first-order valence-electron chi connectivity index (χ1n) is 8.28. The van der Waals surface area contributed by atoms with Gasteiger partial charge >= 0.3 is 6.03 Å². The Balaban J connectivity index is 1.77. The minimum Gasteiger partial charge on any atom is -0.349 e. The van der Waals surface area contributed by atoms with Crippen molar-refractivity contribution in [2.75, 3.05) is 6.54 Å². The fraction of sp³-hybridized carbons (Fsp3) is 0.556. The van der Waals surface area contributed by atoms with Gasteiger partial charge in [0.2, 0.25) is 5.91 Å². The highest BCUT2D eigenvalue weighted by atomic mass is 16.2. The first kappa shape index (κ1) is 17.3. The Kier molecular flexibility index (Phi) is 5.64. The summed E-state index contributed by atoms with van der Waals surface area (Å²) in [5.41, 5.74) is 2.27. The normalized spacial score (nSPS) is 17.1. The molecule has 1 atom stereocenters. The van der Waals surface area contributed by atoms with Crippen LogP contribution in [-0.2, 0) is 11.2 Å². The van der Waals surface area contributed by atoms with Crippen LogP contribution in [0.25, 0.3) is 0 Å². The molecule has 3 N–H and O–H groups in total. The number of amides is 3. The lowest BCUT2D eigenvalue weighted by Gasteiger charge is -2.26. The maximum atomic E-state index is 12.1. The van der Waals surface area contributed by atoms with Gasteiger partial charge in [0.05, 0.1) is 6.04 Å². The maximum absolute atomic E-state index is 12.1. The number of hydrogen-bond acceptors (Lipinski definition) is 2. The van der Waals surface area contributed by atoms with Crippen molar-refractivity contribution in [1.82, 2.24) is 16.0 Å². The summed E-state index contributed by atoms with van der Waals surface area (Å²) in [4.78, 5) is 23.7. The number of nitrogens with one attached hydrogen (secondary N) is 3. The van der Waals surface area contributed by atoms with Crippen LogP contribution in [0.1, 0.15) is 57.2 Å². The molecule has 23 heavy (non-hydrogen) atoms. The predicted molar refractivity (Wildman–Crippen MR) is 91.2 cm³/mol. The summed E-state index contributed by atoms with van der Waals surface area (Å²) in [5.74, 6) is -0.0252. The average molecular weight is 317 g/mol. The molecule has 0 bridgehead atoms. The van der Waals surface area contributed by atoms with Crippen LogP contribution in [0.2, 0.25) is 0 Å². The van der Waals surface area contributed by atoms with E-state index in [2.05, 4.69) is 28.1 Å². The molecular weight excluding hydrogens is 290 g/mol. The molecule has 0 radical (unpaired) electrons. The van der Waals surface area contributed by atoms with Gasteiger partial charge in [-0.1, -0.05) is 24.3 Å². The monoisotopic (exact) mass is 317 g/mol. The Bertz CT molecular complexity index is 564. The summed E-state index contributed by atoms with van der Waals surface area (Å²) in [5, 5.41) is 8.61. The Morgan fingerprint density at radius 3 is 2.70 bits per heavy atom. The maximum Gasteiger partial charge on any atom is 0.315 e. The molecule has 1 aromatic rings. The van der Waals surface area contributed by atoms with Gasteiger partial charge < -0.3 is 16.0 Å². The molecule has 0 spiro atoms. The average Bonchev–Trinajstić information content (AvgIpc) is 2.45. The minimum atomic E-state index is -0.280. The zero-order valence-corrected chi connectivity index (χ0v) is 14.2. The molecule has 3 amide bonds. The van der Waals surface area contributed by atoms with Gasteiger partial charge in [-0.05, 0) is 51.2 Å². The second kappa shape index (κ2) is 7.49. The van der Waals surface area contributed by atoms with Gasteiger partial charge in [-0.25, -0.2) is 4.79 Å². The zero-order valence-electron chi connectivity index (χ0n) is 14.2. The van der Waals surface area contributed by atoms with E-state index in [4.69, 9.17) is 0 Å². The Morgan fingerprint density at radius 2 is 1.96 bits per heavy atom. The largest absolute Gasteiger partial charge is 0.349 e. The molecule has 0 fully saturated rings. The molecule has 126 valence electrons. The number of fused-ring (bicyclic) bond motifs is 1. The molecule has 1 aromatic carbocycles. The van der Waals surface area contributed by atoms with E-state index in [9.17, 15) is 9.59 Å².